The van der Waals surface area contributed by atoms with Gasteiger partial charge in [0, 0.05) is 25.5 Å². The molecule has 3 nitrogen and oxygen atoms in total. The molecular formula is C15H12F12N2O. The van der Waals surface area contributed by atoms with Gasteiger partial charge in [0.25, 0.3) is 0 Å². The van der Waals surface area contributed by atoms with Gasteiger partial charge in [-0.15, -0.1) is 0 Å². The van der Waals surface area contributed by atoms with Crippen LogP contribution < -0.4 is 10.2 Å². The van der Waals surface area contributed by atoms with Crippen LogP contribution in [0.25, 0.3) is 0 Å². The van der Waals surface area contributed by atoms with Crippen LogP contribution in [0.2, 0.25) is 0 Å². The van der Waals surface area contributed by atoms with Crippen molar-refractivity contribution in [1.82, 2.24) is 0 Å². The zero-order valence-corrected chi connectivity index (χ0v) is 14.8. The largest absolute Gasteiger partial charge is 0.393 e. The van der Waals surface area contributed by atoms with Crippen LogP contribution in [-0.2, 0) is 4.79 Å². The minimum absolute atomic E-state index is 0.408. The van der Waals surface area contributed by atoms with Crippen molar-refractivity contribution in [3.63, 3.8) is 0 Å². The number of amides is 1. The summed E-state index contributed by atoms with van der Waals surface area (Å²) in [6.45, 7) is 0. The third-order valence-electron chi connectivity index (χ3n) is 3.80. The molecule has 0 aliphatic carbocycles. The predicted molar refractivity (Wildman–Crippen MR) is 80.1 cm³/mol. The fraction of sp³-hybridized carbons (Fsp3) is 0.533. The Labute approximate surface area is 160 Å². The van der Waals surface area contributed by atoms with Crippen molar-refractivity contribution in [2.75, 3.05) is 24.3 Å². The van der Waals surface area contributed by atoms with E-state index in [2.05, 4.69) is 0 Å². The fourth-order valence-corrected chi connectivity index (χ4v) is 1.94. The number of anilines is 2. The van der Waals surface area contributed by atoms with E-state index in [0.717, 1.165) is 29.6 Å². The predicted octanol–water partition coefficient (Wildman–Crippen LogP) is 5.13. The average Bonchev–Trinajstić information content (AvgIpc) is 2.61. The van der Waals surface area contributed by atoms with Crippen LogP contribution in [0.15, 0.2) is 24.3 Å². The first-order chi connectivity index (χ1) is 13.2. The topological polar surface area (TPSA) is 32.3 Å². The van der Waals surface area contributed by atoms with Crippen LogP contribution in [0.4, 0.5) is 64.1 Å². The molecule has 172 valence electrons. The molecule has 0 unspecified atom stereocenters. The number of nitrogens with one attached hydrogen (secondary N) is 1. The minimum Gasteiger partial charge on any atom is -0.378 e. The SMILES string of the molecule is CN(C)c1ccc(NC(=O)C(F)(F)C(F)(F)C(F)(F)C(F)(F)C(F)(F)C(F)F)cc1. The van der Waals surface area contributed by atoms with Crippen LogP contribution in [0.3, 0.4) is 0 Å². The summed E-state index contributed by atoms with van der Waals surface area (Å²) >= 11 is 0. The fourth-order valence-electron chi connectivity index (χ4n) is 1.94. The first kappa shape index (κ1) is 25.7. The molecule has 0 saturated heterocycles. The van der Waals surface area contributed by atoms with E-state index < -0.39 is 47.6 Å². The summed E-state index contributed by atoms with van der Waals surface area (Å²) in [5.41, 5.74) is -0.264. The van der Waals surface area contributed by atoms with Crippen molar-refractivity contribution in [2.45, 2.75) is 36.0 Å². The van der Waals surface area contributed by atoms with Crippen LogP contribution >= 0.6 is 0 Å². The molecule has 0 saturated carbocycles. The lowest BCUT2D eigenvalue weighted by atomic mass is 9.94. The number of hydrogen-bond donors (Lipinski definition) is 1. The molecule has 0 heterocycles. The van der Waals surface area contributed by atoms with Crippen LogP contribution in [0.1, 0.15) is 0 Å². The molecule has 0 spiro atoms. The third kappa shape index (κ3) is 3.85. The van der Waals surface area contributed by atoms with Crippen molar-refractivity contribution in [3.8, 4) is 0 Å². The Morgan fingerprint density at radius 3 is 1.60 bits per heavy atom. The van der Waals surface area contributed by atoms with E-state index in [1.54, 1.807) is 0 Å². The monoisotopic (exact) mass is 464 g/mol. The van der Waals surface area contributed by atoms with Gasteiger partial charge in [-0.3, -0.25) is 4.79 Å². The average molecular weight is 464 g/mol. The van der Waals surface area contributed by atoms with Gasteiger partial charge in [-0.25, -0.2) is 8.78 Å². The number of alkyl halides is 12. The zero-order valence-electron chi connectivity index (χ0n) is 14.8. The summed E-state index contributed by atoms with van der Waals surface area (Å²) in [7, 11) is 3.06. The molecule has 0 aliphatic rings. The third-order valence-corrected chi connectivity index (χ3v) is 3.80. The molecule has 0 atom stereocenters. The normalized spacial score (nSPS) is 14.1. The quantitative estimate of drug-likeness (QED) is 0.541. The van der Waals surface area contributed by atoms with Crippen molar-refractivity contribution in [2.24, 2.45) is 0 Å². The highest BCUT2D eigenvalue weighted by Gasteiger charge is 2.89. The Balaban J connectivity index is 3.28. The van der Waals surface area contributed by atoms with Gasteiger partial charge in [-0.2, -0.15) is 43.9 Å². The second kappa shape index (κ2) is 7.72. The van der Waals surface area contributed by atoms with E-state index in [-0.39, 0.29) is 0 Å². The molecule has 0 aliphatic heterocycles. The van der Waals surface area contributed by atoms with E-state index in [1.165, 1.54) is 19.0 Å². The molecule has 1 N–H and O–H groups in total. The Morgan fingerprint density at radius 2 is 1.23 bits per heavy atom. The summed E-state index contributed by atoms with van der Waals surface area (Å²) < 4.78 is 157. The first-order valence-corrected chi connectivity index (χ1v) is 7.51. The maximum absolute atomic E-state index is 13.7. The summed E-state index contributed by atoms with van der Waals surface area (Å²) in [5.74, 6) is -40.0. The Morgan fingerprint density at radius 1 is 0.800 bits per heavy atom. The number of nitrogens with zero attached hydrogens (tertiary/aromatic N) is 1. The number of carbonyl (C=O) groups is 1. The van der Waals surface area contributed by atoms with Gasteiger partial charge in [-0.05, 0) is 24.3 Å². The number of carbonyl (C=O) groups excluding carboxylic acids is 1. The van der Waals surface area contributed by atoms with Gasteiger partial charge >= 0.3 is 41.9 Å². The minimum atomic E-state index is -7.75. The second-order valence-electron chi connectivity index (χ2n) is 6.12. The standard InChI is InChI=1S/C15H12F12N2O/c1-29(2)8-5-3-7(4-6-8)28-10(30)12(20,21)14(24,25)15(26,27)13(22,23)11(18,19)9(16)17/h3-6,9H,1-2H3,(H,28,30). The van der Waals surface area contributed by atoms with Gasteiger partial charge in [0.15, 0.2) is 0 Å². The highest BCUT2D eigenvalue weighted by atomic mass is 19.4. The van der Waals surface area contributed by atoms with Gasteiger partial charge in [0.2, 0.25) is 0 Å². The number of halogens is 12. The van der Waals surface area contributed by atoms with E-state index in [9.17, 15) is 57.5 Å². The van der Waals surface area contributed by atoms with Crippen molar-refractivity contribution in [1.29, 1.82) is 0 Å². The van der Waals surface area contributed by atoms with Gasteiger partial charge in [0.05, 0.1) is 0 Å². The summed E-state index contributed by atoms with van der Waals surface area (Å²) in [6, 6.07) is 3.99. The summed E-state index contributed by atoms with van der Waals surface area (Å²) in [5, 5.41) is 1.04. The molecule has 1 rings (SSSR count). The van der Waals surface area contributed by atoms with Gasteiger partial charge in [-0.1, -0.05) is 0 Å². The lowest BCUT2D eigenvalue weighted by molar-refractivity contribution is -0.406. The number of rotatable bonds is 8. The molecule has 30 heavy (non-hydrogen) atoms. The van der Waals surface area contributed by atoms with Crippen molar-refractivity contribution in [3.05, 3.63) is 24.3 Å². The van der Waals surface area contributed by atoms with E-state index in [4.69, 9.17) is 0 Å². The van der Waals surface area contributed by atoms with E-state index in [0.29, 0.717) is 5.69 Å². The molecule has 1 amide bonds. The molecule has 0 bridgehead atoms. The van der Waals surface area contributed by atoms with Crippen molar-refractivity contribution < 1.29 is 57.5 Å². The number of hydrogen-bond acceptors (Lipinski definition) is 2. The molecule has 1 aromatic rings. The summed E-state index contributed by atoms with van der Waals surface area (Å²) in [4.78, 5) is 12.9. The maximum Gasteiger partial charge on any atom is 0.393 e. The van der Waals surface area contributed by atoms with E-state index in [1.807, 2.05) is 0 Å². The molecule has 0 radical (unpaired) electrons. The zero-order chi connectivity index (χ0) is 23.9. The van der Waals surface area contributed by atoms with Crippen molar-refractivity contribution >= 4 is 17.3 Å². The smallest absolute Gasteiger partial charge is 0.378 e. The molecule has 0 fully saturated rings. The lowest BCUT2D eigenvalue weighted by Crippen LogP contribution is -2.70. The highest BCUT2D eigenvalue weighted by molar-refractivity contribution is 5.97. The van der Waals surface area contributed by atoms with E-state index >= 15 is 0 Å². The Kier molecular flexibility index (Phi) is 6.61. The number of benzene rings is 1. The molecule has 0 aromatic heterocycles. The molecular weight excluding hydrogens is 452 g/mol. The van der Waals surface area contributed by atoms with Crippen LogP contribution in [-0.4, -0.2) is 56.0 Å². The summed E-state index contributed by atoms with van der Waals surface area (Å²) in [6.07, 6.45) is -5.60. The molecule has 1 aromatic carbocycles. The lowest BCUT2D eigenvalue weighted by Gasteiger charge is -2.38. The van der Waals surface area contributed by atoms with Gasteiger partial charge < -0.3 is 10.2 Å². The van der Waals surface area contributed by atoms with Crippen LogP contribution in [0, 0.1) is 0 Å². The molecule has 15 heteroatoms. The van der Waals surface area contributed by atoms with Crippen LogP contribution in [0.5, 0.6) is 0 Å². The highest BCUT2D eigenvalue weighted by Crippen LogP contribution is 2.58. The Bertz CT molecular complexity index is 761. The Hall–Kier alpha value is -2.35. The second-order valence-corrected chi connectivity index (χ2v) is 6.12. The maximum atomic E-state index is 13.7. The first-order valence-electron chi connectivity index (χ1n) is 7.51. The van der Waals surface area contributed by atoms with Gasteiger partial charge in [0.1, 0.15) is 0 Å².